The van der Waals surface area contributed by atoms with Crippen LogP contribution in [0.3, 0.4) is 0 Å². The third kappa shape index (κ3) is 3.22. The molecule has 5 atom stereocenters. The lowest BCUT2D eigenvalue weighted by Gasteiger charge is -2.46. The number of hydrogen-bond acceptors (Lipinski definition) is 8. The molecule has 0 aromatic heterocycles. The van der Waals surface area contributed by atoms with Crippen LogP contribution < -0.4 is 9.47 Å². The van der Waals surface area contributed by atoms with Crippen molar-refractivity contribution in [1.29, 1.82) is 0 Å². The van der Waals surface area contributed by atoms with Crippen molar-refractivity contribution in [2.45, 2.75) is 36.1 Å². The highest BCUT2D eigenvalue weighted by Crippen LogP contribution is 2.49. The summed E-state index contributed by atoms with van der Waals surface area (Å²) < 4.78 is 22.9. The largest absolute Gasteiger partial charge is 0.486 e. The number of hydrogen-bond donors (Lipinski definition) is 4. The van der Waals surface area contributed by atoms with Gasteiger partial charge in [0, 0.05) is 10.6 Å². The Morgan fingerprint density at radius 2 is 1.74 bits per heavy atom. The maximum atomic E-state index is 10.7. The van der Waals surface area contributed by atoms with E-state index in [1.54, 1.807) is 18.2 Å². The van der Waals surface area contributed by atoms with E-state index in [4.69, 9.17) is 30.5 Å². The second kappa shape index (κ2) is 7.60. The van der Waals surface area contributed by atoms with Crippen LogP contribution in [0.2, 0.25) is 5.02 Å². The number of fused-ring (bicyclic) bond motifs is 3. The van der Waals surface area contributed by atoms with Crippen molar-refractivity contribution in [2.24, 2.45) is 0 Å². The molecule has 3 aliphatic rings. The molecule has 0 saturated carbocycles. The van der Waals surface area contributed by atoms with E-state index < -0.39 is 36.3 Å². The lowest BCUT2D eigenvalue weighted by molar-refractivity contribution is -0.329. The summed E-state index contributed by atoms with van der Waals surface area (Å²) in [6, 6.07) is 10.7. The van der Waals surface area contributed by atoms with Gasteiger partial charge in [-0.2, -0.15) is 0 Å². The molecule has 4 N–H and O–H groups in total. The average Bonchev–Trinajstić information content (AvgIpc) is 3.18. The Balaban J connectivity index is 1.49. The number of aliphatic hydroxyl groups excluding tert-OH is 4. The first-order valence-corrected chi connectivity index (χ1v) is 10.4. The van der Waals surface area contributed by atoms with Crippen LogP contribution in [0.1, 0.15) is 16.7 Å². The maximum Gasteiger partial charge on any atom is 0.225 e. The molecule has 2 fully saturated rings. The zero-order valence-electron chi connectivity index (χ0n) is 16.5. The van der Waals surface area contributed by atoms with Gasteiger partial charge < -0.3 is 39.4 Å². The standard InChI is InChI=1S/C22H23ClO8/c23-15-3-2-14(22-20(27)18(25)19(26)21(10-24,31-22)11-30-22)9-13(15)7-12-1-4-16-17(8-12)29-6-5-28-16/h1-4,8-9,18-20,24-27H,5-7,10-11H2/t18?,19?,20?,21?,22-/m0/s1. The summed E-state index contributed by atoms with van der Waals surface area (Å²) >= 11 is 6.44. The van der Waals surface area contributed by atoms with Crippen LogP contribution in [-0.4, -0.2) is 70.8 Å². The molecule has 3 heterocycles. The van der Waals surface area contributed by atoms with E-state index in [1.807, 2.05) is 18.2 Å². The summed E-state index contributed by atoms with van der Waals surface area (Å²) in [6.07, 6.45) is -4.15. The van der Waals surface area contributed by atoms with Gasteiger partial charge in [0.05, 0.1) is 13.2 Å². The van der Waals surface area contributed by atoms with Gasteiger partial charge in [-0.15, -0.1) is 0 Å². The summed E-state index contributed by atoms with van der Waals surface area (Å²) in [5, 5.41) is 41.7. The molecule has 2 saturated heterocycles. The van der Waals surface area contributed by atoms with Crippen molar-refractivity contribution in [2.75, 3.05) is 26.4 Å². The fourth-order valence-corrected chi connectivity index (χ4v) is 4.60. The normalized spacial score (nSPS) is 34.0. The molecule has 0 aliphatic carbocycles. The molecule has 0 radical (unpaired) electrons. The fraction of sp³-hybridized carbons (Fsp3) is 0.455. The SMILES string of the molecule is OCC12CO[C@@](c3ccc(Cl)c(Cc4ccc5c(c4)OCCO5)c3)(O1)C(O)C(O)C2O. The molecule has 2 aromatic carbocycles. The zero-order valence-corrected chi connectivity index (χ0v) is 17.3. The Morgan fingerprint density at radius 1 is 0.968 bits per heavy atom. The van der Waals surface area contributed by atoms with Gasteiger partial charge in [0.25, 0.3) is 0 Å². The lowest BCUT2D eigenvalue weighted by Crippen LogP contribution is -2.65. The highest BCUT2D eigenvalue weighted by molar-refractivity contribution is 6.31. The van der Waals surface area contributed by atoms with Crippen LogP contribution in [0.4, 0.5) is 0 Å². The van der Waals surface area contributed by atoms with E-state index in [9.17, 15) is 20.4 Å². The van der Waals surface area contributed by atoms with Gasteiger partial charge >= 0.3 is 0 Å². The van der Waals surface area contributed by atoms with Crippen LogP contribution in [-0.2, 0) is 21.7 Å². The summed E-state index contributed by atoms with van der Waals surface area (Å²) in [4.78, 5) is 0. The number of benzene rings is 2. The average molecular weight is 451 g/mol. The van der Waals surface area contributed by atoms with E-state index >= 15 is 0 Å². The number of rotatable bonds is 4. The second-order valence-electron chi connectivity index (χ2n) is 8.12. The molecule has 31 heavy (non-hydrogen) atoms. The van der Waals surface area contributed by atoms with Crippen molar-refractivity contribution in [3.63, 3.8) is 0 Å². The van der Waals surface area contributed by atoms with Gasteiger partial charge in [-0.3, -0.25) is 0 Å². The van der Waals surface area contributed by atoms with E-state index in [0.717, 1.165) is 11.1 Å². The van der Waals surface area contributed by atoms with Gasteiger partial charge in [-0.1, -0.05) is 23.7 Å². The first-order valence-electron chi connectivity index (χ1n) is 10.1. The Kier molecular flexibility index (Phi) is 5.14. The highest BCUT2D eigenvalue weighted by Gasteiger charge is 2.67. The minimum absolute atomic E-state index is 0.182. The summed E-state index contributed by atoms with van der Waals surface area (Å²) in [6.45, 7) is 0.249. The Hall–Kier alpha value is -1.91. The van der Waals surface area contributed by atoms with Crippen molar-refractivity contribution in [3.05, 3.63) is 58.1 Å². The molecule has 8 nitrogen and oxygen atoms in total. The van der Waals surface area contributed by atoms with E-state index in [1.165, 1.54) is 0 Å². The Morgan fingerprint density at radius 3 is 2.52 bits per heavy atom. The van der Waals surface area contributed by atoms with Crippen molar-refractivity contribution >= 4 is 11.6 Å². The number of halogens is 1. The van der Waals surface area contributed by atoms with Gasteiger partial charge in [-0.25, -0.2) is 0 Å². The highest BCUT2D eigenvalue weighted by atomic mass is 35.5. The zero-order chi connectivity index (χ0) is 21.8. The molecule has 5 rings (SSSR count). The van der Waals surface area contributed by atoms with Crippen molar-refractivity contribution in [3.8, 4) is 11.5 Å². The molecule has 166 valence electrons. The molecule has 0 amide bonds. The summed E-state index contributed by atoms with van der Waals surface area (Å²) in [7, 11) is 0. The predicted molar refractivity (Wildman–Crippen MR) is 108 cm³/mol. The van der Waals surface area contributed by atoms with Crippen LogP contribution in [0, 0.1) is 0 Å². The van der Waals surface area contributed by atoms with Crippen LogP contribution in [0.15, 0.2) is 36.4 Å². The van der Waals surface area contributed by atoms with E-state index in [2.05, 4.69) is 0 Å². The molecular formula is C22H23ClO8. The smallest absolute Gasteiger partial charge is 0.225 e. The van der Waals surface area contributed by atoms with Gasteiger partial charge in [0.2, 0.25) is 5.79 Å². The molecule has 3 aliphatic heterocycles. The quantitative estimate of drug-likeness (QED) is 0.538. The topological polar surface area (TPSA) is 118 Å². The molecule has 4 unspecified atom stereocenters. The summed E-state index contributed by atoms with van der Waals surface area (Å²) in [5.41, 5.74) is 0.595. The third-order valence-electron chi connectivity index (χ3n) is 6.18. The molecular weight excluding hydrogens is 428 g/mol. The molecule has 0 spiro atoms. The summed E-state index contributed by atoms with van der Waals surface area (Å²) in [5.74, 6) is -0.364. The number of ether oxygens (including phenoxy) is 4. The molecule has 9 heteroatoms. The van der Waals surface area contributed by atoms with Crippen LogP contribution in [0.25, 0.3) is 0 Å². The fourth-order valence-electron chi connectivity index (χ4n) is 4.42. The maximum absolute atomic E-state index is 10.7. The van der Waals surface area contributed by atoms with Crippen molar-refractivity contribution < 1.29 is 39.4 Å². The molecule has 2 aromatic rings. The first-order chi connectivity index (χ1) is 14.9. The second-order valence-corrected chi connectivity index (χ2v) is 8.53. The minimum atomic E-state index is -1.73. The van der Waals surface area contributed by atoms with Crippen LogP contribution >= 0.6 is 11.6 Å². The van der Waals surface area contributed by atoms with Gasteiger partial charge in [-0.05, 0) is 41.8 Å². The Labute approximate surface area is 183 Å². The van der Waals surface area contributed by atoms with Gasteiger partial charge in [0.1, 0.15) is 37.1 Å². The van der Waals surface area contributed by atoms with Crippen molar-refractivity contribution in [1.82, 2.24) is 0 Å². The van der Waals surface area contributed by atoms with Gasteiger partial charge in [0.15, 0.2) is 11.5 Å². The predicted octanol–water partition coefficient (Wildman–Crippen LogP) is 0.729. The van der Waals surface area contributed by atoms with E-state index in [-0.39, 0.29) is 6.61 Å². The van der Waals surface area contributed by atoms with E-state index in [0.29, 0.717) is 41.7 Å². The number of aliphatic hydroxyl groups is 4. The first kappa shape index (κ1) is 21.0. The minimum Gasteiger partial charge on any atom is -0.486 e. The molecule has 2 bridgehead atoms. The monoisotopic (exact) mass is 450 g/mol. The third-order valence-corrected chi connectivity index (χ3v) is 6.55. The Bertz CT molecular complexity index is 999. The lowest BCUT2D eigenvalue weighted by atomic mass is 9.83. The van der Waals surface area contributed by atoms with Crippen LogP contribution in [0.5, 0.6) is 11.5 Å².